The van der Waals surface area contributed by atoms with Gasteiger partial charge in [0.2, 0.25) is 0 Å². The van der Waals surface area contributed by atoms with E-state index in [1.165, 1.54) is 11.8 Å². The molecule has 0 saturated carbocycles. The summed E-state index contributed by atoms with van der Waals surface area (Å²) < 4.78 is 0.873. The van der Waals surface area contributed by atoms with E-state index in [0.29, 0.717) is 5.56 Å². The second kappa shape index (κ2) is 6.97. The quantitative estimate of drug-likeness (QED) is 0.608. The van der Waals surface area contributed by atoms with Gasteiger partial charge in [0.25, 0.3) is 0 Å². The zero-order valence-corrected chi connectivity index (χ0v) is 13.3. The number of halogens is 1. The molecule has 0 aliphatic carbocycles. The fourth-order valence-corrected chi connectivity index (χ4v) is 3.09. The number of rotatable bonds is 6. The fraction of sp³-hybridized carbons (Fsp3) is 0.429. The lowest BCUT2D eigenvalue weighted by atomic mass is 9.90. The van der Waals surface area contributed by atoms with Gasteiger partial charge in [-0.3, -0.25) is 0 Å². The van der Waals surface area contributed by atoms with Crippen molar-refractivity contribution >= 4 is 33.7 Å². The van der Waals surface area contributed by atoms with Gasteiger partial charge in [-0.05, 0) is 50.6 Å². The number of hydrogen-bond acceptors (Lipinski definition) is 3. The minimum Gasteiger partial charge on any atom is -0.478 e. The molecule has 0 heterocycles. The summed E-state index contributed by atoms with van der Waals surface area (Å²) in [5, 5.41) is 18.0. The molecule has 0 saturated heterocycles. The third-order valence-corrected chi connectivity index (χ3v) is 4.32. The molecule has 0 unspecified atom stereocenters. The molecule has 1 N–H and O–H groups in total. The van der Waals surface area contributed by atoms with E-state index in [9.17, 15) is 4.79 Å². The van der Waals surface area contributed by atoms with Crippen LogP contribution in [0.2, 0.25) is 0 Å². The zero-order valence-electron chi connectivity index (χ0n) is 10.9. The highest BCUT2D eigenvalue weighted by Crippen LogP contribution is 2.29. The first-order valence-corrected chi connectivity index (χ1v) is 7.70. The van der Waals surface area contributed by atoms with Crippen LogP contribution in [-0.2, 0) is 0 Å². The molecule has 0 spiro atoms. The van der Waals surface area contributed by atoms with Crippen LogP contribution < -0.4 is 0 Å². The molecule has 0 aliphatic rings. The monoisotopic (exact) mass is 341 g/mol. The van der Waals surface area contributed by atoms with Gasteiger partial charge in [0.1, 0.15) is 0 Å². The van der Waals surface area contributed by atoms with E-state index in [0.717, 1.165) is 28.0 Å². The largest absolute Gasteiger partial charge is 0.478 e. The number of aromatic carboxylic acids is 1. The maximum absolute atomic E-state index is 11.1. The van der Waals surface area contributed by atoms with E-state index in [1.54, 1.807) is 12.1 Å². The summed E-state index contributed by atoms with van der Waals surface area (Å²) in [6.07, 6.45) is 1.70. The Morgan fingerprint density at radius 2 is 2.21 bits per heavy atom. The van der Waals surface area contributed by atoms with Crippen molar-refractivity contribution in [1.29, 1.82) is 5.26 Å². The number of nitrogens with zero attached hydrogens (tertiary/aromatic N) is 1. The van der Waals surface area contributed by atoms with Crippen molar-refractivity contribution in [2.45, 2.75) is 31.6 Å². The minimum absolute atomic E-state index is 0.312. The van der Waals surface area contributed by atoms with Crippen molar-refractivity contribution in [2.75, 3.05) is 5.75 Å². The molecule has 0 atom stereocenters. The van der Waals surface area contributed by atoms with Gasteiger partial charge >= 0.3 is 5.97 Å². The maximum atomic E-state index is 11.1. The Morgan fingerprint density at radius 3 is 2.79 bits per heavy atom. The lowest BCUT2D eigenvalue weighted by Crippen LogP contribution is -2.07. The topological polar surface area (TPSA) is 61.1 Å². The molecule has 0 aromatic heterocycles. The summed E-state index contributed by atoms with van der Waals surface area (Å²) >= 11 is 4.87. The van der Waals surface area contributed by atoms with Crippen LogP contribution in [0.1, 0.15) is 37.0 Å². The number of carboxylic acids is 1. The van der Waals surface area contributed by atoms with Crippen LogP contribution in [0.4, 0.5) is 0 Å². The average molecular weight is 342 g/mol. The summed E-state index contributed by atoms with van der Waals surface area (Å²) in [5.74, 6) is -0.102. The normalized spacial score (nSPS) is 11.1. The molecule has 5 heteroatoms. The van der Waals surface area contributed by atoms with Gasteiger partial charge in [-0.15, -0.1) is 11.8 Å². The standard InChI is InChI=1S/C14H16BrNO2S/c1-14(2,9-16)6-3-7-19-12-8-10(15)4-5-11(12)13(17)18/h4-5,8H,3,6-7H2,1-2H3,(H,17,18). The Hall–Kier alpha value is -0.990. The molecular formula is C14H16BrNO2S. The molecule has 0 radical (unpaired) electrons. The van der Waals surface area contributed by atoms with Crippen molar-refractivity contribution < 1.29 is 9.90 Å². The number of hydrogen-bond donors (Lipinski definition) is 1. The Balaban J connectivity index is 2.61. The summed E-state index contributed by atoms with van der Waals surface area (Å²) in [6, 6.07) is 7.42. The van der Waals surface area contributed by atoms with Gasteiger partial charge < -0.3 is 5.11 Å². The number of carbonyl (C=O) groups is 1. The maximum Gasteiger partial charge on any atom is 0.336 e. The molecule has 102 valence electrons. The third-order valence-electron chi connectivity index (χ3n) is 2.68. The van der Waals surface area contributed by atoms with Crippen LogP contribution in [0.3, 0.4) is 0 Å². The zero-order chi connectivity index (χ0) is 14.5. The number of carboxylic acid groups (broad SMARTS) is 1. The Labute approximate surface area is 126 Å². The SMILES string of the molecule is CC(C)(C#N)CCCSc1cc(Br)ccc1C(=O)O. The highest BCUT2D eigenvalue weighted by atomic mass is 79.9. The summed E-state index contributed by atoms with van der Waals surface area (Å²) in [4.78, 5) is 11.9. The van der Waals surface area contributed by atoms with E-state index < -0.39 is 5.97 Å². The summed E-state index contributed by atoms with van der Waals surface area (Å²) in [7, 11) is 0. The first kappa shape index (κ1) is 16.1. The van der Waals surface area contributed by atoms with E-state index in [-0.39, 0.29) is 5.41 Å². The smallest absolute Gasteiger partial charge is 0.336 e. The third kappa shape index (κ3) is 5.25. The lowest BCUT2D eigenvalue weighted by Gasteiger charge is -2.14. The molecule has 1 aromatic carbocycles. The highest BCUT2D eigenvalue weighted by molar-refractivity contribution is 9.10. The molecule has 0 bridgehead atoms. The predicted molar refractivity (Wildman–Crippen MR) is 80.5 cm³/mol. The molecule has 3 nitrogen and oxygen atoms in total. The van der Waals surface area contributed by atoms with Gasteiger partial charge in [0.05, 0.1) is 17.0 Å². The molecule has 0 fully saturated rings. The van der Waals surface area contributed by atoms with Crippen molar-refractivity contribution in [1.82, 2.24) is 0 Å². The Kier molecular flexibility index (Phi) is 5.89. The first-order valence-electron chi connectivity index (χ1n) is 5.92. The van der Waals surface area contributed by atoms with Crippen LogP contribution in [-0.4, -0.2) is 16.8 Å². The molecule has 19 heavy (non-hydrogen) atoms. The van der Waals surface area contributed by atoms with Gasteiger partial charge in [-0.1, -0.05) is 15.9 Å². The molecule has 0 aliphatic heterocycles. The van der Waals surface area contributed by atoms with Crippen molar-refractivity contribution in [3.63, 3.8) is 0 Å². The van der Waals surface area contributed by atoms with Crippen LogP contribution in [0, 0.1) is 16.7 Å². The van der Waals surface area contributed by atoms with E-state index in [1.807, 2.05) is 19.9 Å². The number of thioether (sulfide) groups is 1. The summed E-state index contributed by atoms with van der Waals surface area (Å²) in [5.41, 5.74) is 0.0146. The second-order valence-corrected chi connectivity index (χ2v) is 6.95. The van der Waals surface area contributed by atoms with Gasteiger partial charge in [-0.2, -0.15) is 5.26 Å². The minimum atomic E-state index is -0.910. The Morgan fingerprint density at radius 1 is 1.53 bits per heavy atom. The van der Waals surface area contributed by atoms with Crippen LogP contribution in [0.5, 0.6) is 0 Å². The average Bonchev–Trinajstić information content (AvgIpc) is 2.34. The fourth-order valence-electron chi connectivity index (χ4n) is 1.54. The molecule has 0 amide bonds. The lowest BCUT2D eigenvalue weighted by molar-refractivity contribution is 0.0693. The van der Waals surface area contributed by atoms with E-state index in [4.69, 9.17) is 10.4 Å². The van der Waals surface area contributed by atoms with Crippen molar-refractivity contribution in [2.24, 2.45) is 5.41 Å². The van der Waals surface area contributed by atoms with Crippen molar-refractivity contribution in [3.8, 4) is 6.07 Å². The van der Waals surface area contributed by atoms with Gasteiger partial charge in [-0.25, -0.2) is 4.79 Å². The Bertz CT molecular complexity index is 509. The van der Waals surface area contributed by atoms with Crippen LogP contribution >= 0.6 is 27.7 Å². The predicted octanol–water partition coefficient (Wildman–Crippen LogP) is 4.57. The highest BCUT2D eigenvalue weighted by Gasteiger charge is 2.16. The van der Waals surface area contributed by atoms with Crippen LogP contribution in [0.15, 0.2) is 27.6 Å². The molecular weight excluding hydrogens is 326 g/mol. The van der Waals surface area contributed by atoms with E-state index in [2.05, 4.69) is 22.0 Å². The molecule has 1 aromatic rings. The van der Waals surface area contributed by atoms with Crippen LogP contribution in [0.25, 0.3) is 0 Å². The van der Waals surface area contributed by atoms with E-state index >= 15 is 0 Å². The number of nitriles is 1. The number of benzene rings is 1. The van der Waals surface area contributed by atoms with Gasteiger partial charge in [0.15, 0.2) is 0 Å². The first-order chi connectivity index (χ1) is 8.85. The van der Waals surface area contributed by atoms with Crippen molar-refractivity contribution in [3.05, 3.63) is 28.2 Å². The molecule has 1 rings (SSSR count). The summed E-state index contributed by atoms with van der Waals surface area (Å²) in [6.45, 7) is 3.83. The van der Waals surface area contributed by atoms with Gasteiger partial charge in [0, 0.05) is 9.37 Å². The second-order valence-electron chi connectivity index (χ2n) is 4.89.